The van der Waals surface area contributed by atoms with Gasteiger partial charge in [-0.3, -0.25) is 9.59 Å². The number of carbonyl (C=O) groups is 2. The molecule has 0 aliphatic rings. The van der Waals surface area contributed by atoms with Crippen LogP contribution in [0.4, 0.5) is 0 Å². The molecule has 146 valence electrons. The summed E-state index contributed by atoms with van der Waals surface area (Å²) in [7, 11) is 1.31. The summed E-state index contributed by atoms with van der Waals surface area (Å²) in [6.07, 6.45) is 0. The van der Waals surface area contributed by atoms with Crippen LogP contribution in [0.2, 0.25) is 10.0 Å². The summed E-state index contributed by atoms with van der Waals surface area (Å²) in [5.41, 5.74) is 0.968. The smallest absolute Gasteiger partial charge is 0.325 e. The van der Waals surface area contributed by atoms with Gasteiger partial charge in [-0.25, -0.2) is 0 Å². The third kappa shape index (κ3) is 4.38. The fourth-order valence-corrected chi connectivity index (χ4v) is 4.10. The van der Waals surface area contributed by atoms with Crippen molar-refractivity contribution in [2.75, 3.05) is 13.7 Å². The van der Waals surface area contributed by atoms with Crippen LogP contribution in [0, 0.1) is 0 Å². The predicted octanol–water partition coefficient (Wildman–Crippen LogP) is 4.32. The van der Waals surface area contributed by atoms with Gasteiger partial charge in [-0.05, 0) is 43.3 Å². The number of thiazole rings is 1. The lowest BCUT2D eigenvalue weighted by molar-refractivity contribution is -0.141. The van der Waals surface area contributed by atoms with Crippen molar-refractivity contribution >= 4 is 56.6 Å². The lowest BCUT2D eigenvalue weighted by Gasteiger charge is -2.05. The first-order chi connectivity index (χ1) is 13.4. The van der Waals surface area contributed by atoms with Crippen LogP contribution in [-0.4, -0.2) is 30.2 Å². The van der Waals surface area contributed by atoms with Gasteiger partial charge < -0.3 is 14.0 Å². The highest BCUT2D eigenvalue weighted by atomic mass is 35.5. The molecule has 6 nitrogen and oxygen atoms in total. The van der Waals surface area contributed by atoms with E-state index in [1.54, 1.807) is 16.7 Å². The second-order valence-corrected chi connectivity index (χ2v) is 7.50. The lowest BCUT2D eigenvalue weighted by atomic mass is 10.2. The van der Waals surface area contributed by atoms with Gasteiger partial charge in [-0.2, -0.15) is 4.99 Å². The second-order valence-electron chi connectivity index (χ2n) is 5.65. The largest absolute Gasteiger partial charge is 0.494 e. The molecule has 0 bridgehead atoms. The topological polar surface area (TPSA) is 69.9 Å². The van der Waals surface area contributed by atoms with Crippen molar-refractivity contribution in [1.29, 1.82) is 0 Å². The van der Waals surface area contributed by atoms with Crippen molar-refractivity contribution in [2.24, 2.45) is 4.99 Å². The number of rotatable bonds is 5. The molecule has 0 radical (unpaired) electrons. The third-order valence-electron chi connectivity index (χ3n) is 3.84. The van der Waals surface area contributed by atoms with Crippen LogP contribution in [0.3, 0.4) is 0 Å². The molecule has 0 atom stereocenters. The van der Waals surface area contributed by atoms with E-state index in [-0.39, 0.29) is 17.1 Å². The van der Waals surface area contributed by atoms with Gasteiger partial charge in [-0.15, -0.1) is 0 Å². The van der Waals surface area contributed by atoms with Crippen molar-refractivity contribution in [3.8, 4) is 5.75 Å². The minimum Gasteiger partial charge on any atom is -0.494 e. The van der Waals surface area contributed by atoms with Gasteiger partial charge in [-0.1, -0.05) is 34.5 Å². The highest BCUT2D eigenvalue weighted by Crippen LogP contribution is 2.24. The number of benzene rings is 2. The van der Waals surface area contributed by atoms with E-state index in [1.165, 1.54) is 30.6 Å². The number of halogens is 2. The molecule has 0 N–H and O–H groups in total. The van der Waals surface area contributed by atoms with Crippen LogP contribution in [0.1, 0.15) is 17.3 Å². The van der Waals surface area contributed by atoms with Crippen LogP contribution in [0.25, 0.3) is 10.2 Å². The maximum atomic E-state index is 12.7. The summed E-state index contributed by atoms with van der Waals surface area (Å²) in [4.78, 5) is 29.1. The van der Waals surface area contributed by atoms with Gasteiger partial charge in [0.25, 0.3) is 5.91 Å². The molecule has 0 fully saturated rings. The standard InChI is InChI=1S/C19H16Cl2N2O4S/c1-3-27-12-5-7-15-16(9-12)28-19(23(15)10-17(24)26-2)22-18(25)13-6-4-11(20)8-14(13)21/h4-9H,3,10H2,1-2H3. The molecule has 0 unspecified atom stereocenters. The molecular weight excluding hydrogens is 423 g/mol. The number of aromatic nitrogens is 1. The number of esters is 1. The zero-order valence-electron chi connectivity index (χ0n) is 15.1. The zero-order valence-corrected chi connectivity index (χ0v) is 17.4. The number of fused-ring (bicyclic) bond motifs is 1. The number of hydrogen-bond acceptors (Lipinski definition) is 5. The molecule has 28 heavy (non-hydrogen) atoms. The summed E-state index contributed by atoms with van der Waals surface area (Å²) >= 11 is 13.3. The quantitative estimate of drug-likeness (QED) is 0.556. The number of nitrogens with zero attached hydrogens (tertiary/aromatic N) is 2. The van der Waals surface area contributed by atoms with Gasteiger partial charge in [0.2, 0.25) is 0 Å². The van der Waals surface area contributed by atoms with Gasteiger partial charge in [0, 0.05) is 5.02 Å². The maximum absolute atomic E-state index is 12.7. The monoisotopic (exact) mass is 438 g/mol. The molecule has 1 heterocycles. The molecule has 0 aliphatic carbocycles. The highest BCUT2D eigenvalue weighted by Gasteiger charge is 2.15. The zero-order chi connectivity index (χ0) is 20.3. The highest BCUT2D eigenvalue weighted by molar-refractivity contribution is 7.16. The summed E-state index contributed by atoms with van der Waals surface area (Å²) < 4.78 is 12.7. The molecule has 2 aromatic carbocycles. The van der Waals surface area contributed by atoms with Gasteiger partial charge >= 0.3 is 5.97 Å². The summed E-state index contributed by atoms with van der Waals surface area (Å²) in [5.74, 6) is -0.288. The Morgan fingerprint density at radius 1 is 1.18 bits per heavy atom. The molecule has 0 spiro atoms. The van der Waals surface area contributed by atoms with Crippen LogP contribution in [-0.2, 0) is 16.1 Å². The van der Waals surface area contributed by atoms with Crippen LogP contribution >= 0.6 is 34.5 Å². The first kappa shape index (κ1) is 20.4. The Morgan fingerprint density at radius 2 is 1.96 bits per heavy atom. The van der Waals surface area contributed by atoms with Crippen molar-refractivity contribution in [2.45, 2.75) is 13.5 Å². The Hall–Kier alpha value is -2.35. The van der Waals surface area contributed by atoms with Gasteiger partial charge in [0.1, 0.15) is 12.3 Å². The van der Waals surface area contributed by atoms with Crippen molar-refractivity contribution in [3.05, 3.63) is 56.8 Å². The molecule has 0 aliphatic heterocycles. The molecule has 3 rings (SSSR count). The second kappa shape index (κ2) is 8.77. The average Bonchev–Trinajstić information content (AvgIpc) is 2.98. The minimum atomic E-state index is -0.531. The third-order valence-corrected chi connectivity index (χ3v) is 5.43. The predicted molar refractivity (Wildman–Crippen MR) is 109 cm³/mol. The molecule has 1 aromatic heterocycles. The number of carbonyl (C=O) groups excluding carboxylic acids is 2. The molecule has 9 heteroatoms. The molecular formula is C19H16Cl2N2O4S. The van der Waals surface area contributed by atoms with E-state index in [0.29, 0.717) is 22.2 Å². The Labute approximate surface area is 174 Å². The molecule has 0 saturated carbocycles. The molecule has 1 amide bonds. The molecule has 3 aromatic rings. The SMILES string of the molecule is CCOc1ccc2c(c1)sc(=NC(=O)c1ccc(Cl)cc1Cl)n2CC(=O)OC. The minimum absolute atomic E-state index is 0.0784. The van der Waals surface area contributed by atoms with Crippen LogP contribution in [0.5, 0.6) is 5.75 Å². The Balaban J connectivity index is 2.13. The maximum Gasteiger partial charge on any atom is 0.325 e. The Bertz CT molecular complexity index is 1120. The Morgan fingerprint density at radius 3 is 2.64 bits per heavy atom. The lowest BCUT2D eigenvalue weighted by Crippen LogP contribution is -2.22. The summed E-state index contributed by atoms with van der Waals surface area (Å²) in [6.45, 7) is 2.35. The number of methoxy groups -OCH3 is 1. The summed E-state index contributed by atoms with van der Waals surface area (Å²) in [5, 5.41) is 0.633. The normalized spacial score (nSPS) is 11.6. The van der Waals surface area contributed by atoms with E-state index < -0.39 is 11.9 Å². The Kier molecular flexibility index (Phi) is 6.39. The van der Waals surface area contributed by atoms with E-state index in [9.17, 15) is 9.59 Å². The van der Waals surface area contributed by atoms with E-state index in [2.05, 4.69) is 4.99 Å². The number of amides is 1. The summed E-state index contributed by atoms with van der Waals surface area (Å²) in [6, 6.07) is 10.0. The van der Waals surface area contributed by atoms with Crippen molar-refractivity contribution < 1.29 is 19.1 Å². The van der Waals surface area contributed by atoms with Gasteiger partial charge in [0.15, 0.2) is 4.80 Å². The first-order valence-electron chi connectivity index (χ1n) is 8.30. The number of ether oxygens (including phenoxy) is 2. The molecule has 0 saturated heterocycles. The first-order valence-corrected chi connectivity index (χ1v) is 9.87. The fraction of sp³-hybridized carbons (Fsp3) is 0.211. The number of hydrogen-bond donors (Lipinski definition) is 0. The van der Waals surface area contributed by atoms with Gasteiger partial charge in [0.05, 0.1) is 34.5 Å². The van der Waals surface area contributed by atoms with E-state index in [0.717, 1.165) is 10.2 Å². The average molecular weight is 439 g/mol. The van der Waals surface area contributed by atoms with Crippen molar-refractivity contribution in [1.82, 2.24) is 4.57 Å². The van der Waals surface area contributed by atoms with Crippen molar-refractivity contribution in [3.63, 3.8) is 0 Å². The van der Waals surface area contributed by atoms with E-state index >= 15 is 0 Å². The van der Waals surface area contributed by atoms with E-state index in [1.807, 2.05) is 19.1 Å². The van der Waals surface area contributed by atoms with E-state index in [4.69, 9.17) is 32.7 Å². The van der Waals surface area contributed by atoms with Crippen LogP contribution in [0.15, 0.2) is 41.4 Å². The van der Waals surface area contributed by atoms with Crippen LogP contribution < -0.4 is 9.54 Å². The fourth-order valence-electron chi connectivity index (χ4n) is 2.55.